The maximum absolute atomic E-state index is 5.85. The van der Waals surface area contributed by atoms with Gasteiger partial charge in [-0.1, -0.05) is 52.3 Å². The van der Waals surface area contributed by atoms with Crippen LogP contribution in [0.4, 0.5) is 0 Å². The highest BCUT2D eigenvalue weighted by Crippen LogP contribution is 2.23. The van der Waals surface area contributed by atoms with Crippen LogP contribution in [0.25, 0.3) is 0 Å². The molecule has 18 heavy (non-hydrogen) atoms. The summed E-state index contributed by atoms with van der Waals surface area (Å²) in [5.74, 6) is 2.30. The van der Waals surface area contributed by atoms with E-state index in [4.69, 9.17) is 10.5 Å². The Hall–Kier alpha value is -0.760. The molecule has 0 spiro atoms. The second-order valence-corrected chi connectivity index (χ2v) is 5.53. The first-order valence-electron chi connectivity index (χ1n) is 7.12. The lowest BCUT2D eigenvalue weighted by Crippen LogP contribution is -2.26. The Bertz CT molecular complexity index is 256. The Morgan fingerprint density at radius 2 is 1.78 bits per heavy atom. The van der Waals surface area contributed by atoms with Crippen LogP contribution in [0.3, 0.4) is 0 Å². The van der Waals surface area contributed by atoms with Gasteiger partial charge in [0.25, 0.3) is 0 Å². The molecule has 0 bridgehead atoms. The molecule has 2 unspecified atom stereocenters. The monoisotopic (exact) mass is 253 g/mol. The van der Waals surface area contributed by atoms with Crippen molar-refractivity contribution in [3.8, 4) is 0 Å². The van der Waals surface area contributed by atoms with Gasteiger partial charge in [0.1, 0.15) is 6.61 Å². The fourth-order valence-corrected chi connectivity index (χ4v) is 2.07. The van der Waals surface area contributed by atoms with Crippen molar-refractivity contribution in [1.82, 2.24) is 0 Å². The van der Waals surface area contributed by atoms with E-state index in [2.05, 4.69) is 33.9 Å². The zero-order chi connectivity index (χ0) is 14.1. The molecule has 0 heterocycles. The SMILES string of the molecule is C=C(CC(C)CC(CC)CC)OCC(N)C(=C)C. The second kappa shape index (κ2) is 9.21. The topological polar surface area (TPSA) is 35.2 Å². The van der Waals surface area contributed by atoms with E-state index in [1.54, 1.807) is 0 Å². The summed E-state index contributed by atoms with van der Waals surface area (Å²) in [6.45, 7) is 17.0. The van der Waals surface area contributed by atoms with Gasteiger partial charge in [0.05, 0.1) is 11.8 Å². The molecule has 0 aliphatic carbocycles. The minimum absolute atomic E-state index is 0.0870. The van der Waals surface area contributed by atoms with Crippen LogP contribution in [-0.2, 0) is 4.74 Å². The van der Waals surface area contributed by atoms with Crippen LogP contribution in [0, 0.1) is 11.8 Å². The molecular formula is C16H31NO. The standard InChI is InChI=1S/C16H31NO/c1-7-15(8-2)10-13(5)9-14(6)18-11-16(17)12(3)4/h13,15-16H,3,6-11,17H2,1-2,4-5H3. The van der Waals surface area contributed by atoms with Crippen LogP contribution in [0.15, 0.2) is 24.5 Å². The number of hydrogen-bond acceptors (Lipinski definition) is 2. The molecule has 2 heteroatoms. The summed E-state index contributed by atoms with van der Waals surface area (Å²) in [5.41, 5.74) is 6.81. The van der Waals surface area contributed by atoms with Gasteiger partial charge >= 0.3 is 0 Å². The molecule has 0 aliphatic heterocycles. The summed E-state index contributed by atoms with van der Waals surface area (Å²) < 4.78 is 5.60. The van der Waals surface area contributed by atoms with Gasteiger partial charge in [0.15, 0.2) is 0 Å². The largest absolute Gasteiger partial charge is 0.497 e. The average molecular weight is 253 g/mol. The average Bonchev–Trinajstić information content (AvgIpc) is 2.32. The third-order valence-corrected chi connectivity index (χ3v) is 3.57. The second-order valence-electron chi connectivity index (χ2n) is 5.53. The Kier molecular flexibility index (Phi) is 8.82. The van der Waals surface area contributed by atoms with E-state index in [1.807, 2.05) is 6.92 Å². The normalized spacial score (nSPS) is 14.3. The van der Waals surface area contributed by atoms with E-state index >= 15 is 0 Å². The lowest BCUT2D eigenvalue weighted by molar-refractivity contribution is 0.181. The maximum atomic E-state index is 5.85. The molecule has 0 aromatic rings. The fourth-order valence-electron chi connectivity index (χ4n) is 2.07. The molecule has 2 atom stereocenters. The molecule has 0 saturated heterocycles. The van der Waals surface area contributed by atoms with Crippen LogP contribution in [0.1, 0.15) is 53.4 Å². The van der Waals surface area contributed by atoms with Crippen molar-refractivity contribution in [1.29, 1.82) is 0 Å². The van der Waals surface area contributed by atoms with Gasteiger partial charge in [-0.15, -0.1) is 0 Å². The Balaban J connectivity index is 3.90. The predicted octanol–water partition coefficient (Wildman–Crippen LogP) is 4.27. The molecule has 0 saturated carbocycles. The van der Waals surface area contributed by atoms with Crippen molar-refractivity contribution >= 4 is 0 Å². The molecule has 0 aromatic carbocycles. The van der Waals surface area contributed by atoms with Gasteiger partial charge in [0.2, 0.25) is 0 Å². The number of ether oxygens (including phenoxy) is 1. The highest BCUT2D eigenvalue weighted by molar-refractivity contribution is 5.00. The van der Waals surface area contributed by atoms with E-state index in [1.165, 1.54) is 19.3 Å². The minimum Gasteiger partial charge on any atom is -0.497 e. The fraction of sp³-hybridized carbons (Fsp3) is 0.750. The lowest BCUT2D eigenvalue weighted by Gasteiger charge is -2.20. The van der Waals surface area contributed by atoms with Gasteiger partial charge in [-0.2, -0.15) is 0 Å². The summed E-state index contributed by atoms with van der Waals surface area (Å²) in [7, 11) is 0. The maximum Gasteiger partial charge on any atom is 0.107 e. The van der Waals surface area contributed by atoms with Crippen molar-refractivity contribution < 1.29 is 4.74 Å². The number of nitrogens with two attached hydrogens (primary N) is 1. The molecule has 0 aromatic heterocycles. The summed E-state index contributed by atoms with van der Waals surface area (Å²) in [6.07, 6.45) is 4.70. The highest BCUT2D eigenvalue weighted by atomic mass is 16.5. The number of hydrogen-bond donors (Lipinski definition) is 1. The molecule has 2 nitrogen and oxygen atoms in total. The Morgan fingerprint density at radius 3 is 2.22 bits per heavy atom. The summed E-state index contributed by atoms with van der Waals surface area (Å²) in [6, 6.07) is -0.0870. The van der Waals surface area contributed by atoms with E-state index < -0.39 is 0 Å². The number of allylic oxidation sites excluding steroid dienone is 1. The Labute approximate surface area is 113 Å². The van der Waals surface area contributed by atoms with Crippen molar-refractivity contribution in [3.63, 3.8) is 0 Å². The molecule has 0 aliphatic rings. The van der Waals surface area contributed by atoms with E-state index in [0.29, 0.717) is 12.5 Å². The van der Waals surface area contributed by atoms with Gasteiger partial charge in [-0.25, -0.2) is 0 Å². The summed E-state index contributed by atoms with van der Waals surface area (Å²) in [4.78, 5) is 0. The van der Waals surface area contributed by atoms with Crippen LogP contribution in [0.5, 0.6) is 0 Å². The van der Waals surface area contributed by atoms with Crippen molar-refractivity contribution in [2.45, 2.75) is 59.4 Å². The van der Waals surface area contributed by atoms with Crippen LogP contribution in [-0.4, -0.2) is 12.6 Å². The number of rotatable bonds is 10. The lowest BCUT2D eigenvalue weighted by atomic mass is 9.89. The quantitative estimate of drug-likeness (QED) is 0.466. The van der Waals surface area contributed by atoms with Crippen LogP contribution >= 0.6 is 0 Å². The van der Waals surface area contributed by atoms with Gasteiger partial charge in [-0.05, 0) is 25.2 Å². The molecule has 0 amide bonds. The van der Waals surface area contributed by atoms with E-state index in [0.717, 1.165) is 23.7 Å². The summed E-state index contributed by atoms with van der Waals surface area (Å²) in [5, 5.41) is 0. The van der Waals surface area contributed by atoms with Crippen LogP contribution < -0.4 is 5.73 Å². The molecule has 2 N–H and O–H groups in total. The van der Waals surface area contributed by atoms with Crippen molar-refractivity contribution in [2.24, 2.45) is 17.6 Å². The zero-order valence-corrected chi connectivity index (χ0v) is 12.7. The van der Waals surface area contributed by atoms with Gasteiger partial charge in [0, 0.05) is 6.42 Å². The first-order chi connectivity index (χ1) is 8.40. The Morgan fingerprint density at radius 1 is 1.22 bits per heavy atom. The van der Waals surface area contributed by atoms with Crippen molar-refractivity contribution in [2.75, 3.05) is 6.61 Å². The molecule has 106 valence electrons. The first kappa shape index (κ1) is 17.2. The first-order valence-corrected chi connectivity index (χ1v) is 7.12. The van der Waals surface area contributed by atoms with Crippen molar-refractivity contribution in [3.05, 3.63) is 24.5 Å². The van der Waals surface area contributed by atoms with Gasteiger partial charge < -0.3 is 10.5 Å². The smallest absolute Gasteiger partial charge is 0.107 e. The van der Waals surface area contributed by atoms with E-state index in [-0.39, 0.29) is 6.04 Å². The zero-order valence-electron chi connectivity index (χ0n) is 12.7. The van der Waals surface area contributed by atoms with Gasteiger partial charge in [-0.3, -0.25) is 0 Å². The van der Waals surface area contributed by atoms with E-state index in [9.17, 15) is 0 Å². The minimum atomic E-state index is -0.0870. The third kappa shape index (κ3) is 7.54. The molecule has 0 fully saturated rings. The highest BCUT2D eigenvalue weighted by Gasteiger charge is 2.12. The predicted molar refractivity (Wildman–Crippen MR) is 80.4 cm³/mol. The third-order valence-electron chi connectivity index (χ3n) is 3.57. The van der Waals surface area contributed by atoms with Crippen LogP contribution in [0.2, 0.25) is 0 Å². The molecule has 0 rings (SSSR count). The molecule has 0 radical (unpaired) electrons. The summed E-state index contributed by atoms with van der Waals surface area (Å²) >= 11 is 0. The molecular weight excluding hydrogens is 222 g/mol.